The molecular weight excluding hydrogens is 362 g/mol. The highest BCUT2D eigenvalue weighted by molar-refractivity contribution is 5.90. The number of nitrogens with zero attached hydrogens (tertiary/aromatic N) is 3. The van der Waals surface area contributed by atoms with Gasteiger partial charge >= 0.3 is 0 Å². The maximum absolute atomic E-state index is 13.3. The van der Waals surface area contributed by atoms with E-state index in [0.717, 1.165) is 38.3 Å². The van der Waals surface area contributed by atoms with E-state index in [0.29, 0.717) is 6.42 Å². The Morgan fingerprint density at radius 2 is 1.62 bits per heavy atom. The van der Waals surface area contributed by atoms with E-state index in [1.54, 1.807) is 4.90 Å². The highest BCUT2D eigenvalue weighted by atomic mass is 16.2. The van der Waals surface area contributed by atoms with Crippen LogP contribution in [0.15, 0.2) is 54.6 Å². The molecule has 2 heterocycles. The molecule has 0 bridgehead atoms. The first-order valence-electron chi connectivity index (χ1n) is 10.4. The summed E-state index contributed by atoms with van der Waals surface area (Å²) in [5, 5.41) is 0. The van der Waals surface area contributed by atoms with Crippen LogP contribution in [0.4, 0.5) is 0 Å². The molecule has 2 aliphatic heterocycles. The van der Waals surface area contributed by atoms with Crippen molar-refractivity contribution in [3.05, 3.63) is 71.3 Å². The summed E-state index contributed by atoms with van der Waals surface area (Å²) in [5.41, 5.74) is 3.53. The summed E-state index contributed by atoms with van der Waals surface area (Å²) in [7, 11) is 1.82. The van der Waals surface area contributed by atoms with Gasteiger partial charge in [0.2, 0.25) is 11.8 Å². The molecule has 2 aliphatic rings. The van der Waals surface area contributed by atoms with Crippen LogP contribution in [0.25, 0.3) is 0 Å². The van der Waals surface area contributed by atoms with Gasteiger partial charge in [-0.2, -0.15) is 0 Å². The average Bonchev–Trinajstić information content (AvgIpc) is 3.04. The first kappa shape index (κ1) is 19.6. The topological polar surface area (TPSA) is 43.9 Å². The largest absolute Gasteiger partial charge is 0.340 e. The van der Waals surface area contributed by atoms with Crippen molar-refractivity contribution in [3.63, 3.8) is 0 Å². The normalized spacial score (nSPS) is 22.9. The van der Waals surface area contributed by atoms with Gasteiger partial charge in [0, 0.05) is 46.2 Å². The zero-order chi connectivity index (χ0) is 20.4. The van der Waals surface area contributed by atoms with Crippen molar-refractivity contribution in [2.75, 3.05) is 33.2 Å². The summed E-state index contributed by atoms with van der Waals surface area (Å²) in [6.07, 6.45) is 0.304. The van der Waals surface area contributed by atoms with Gasteiger partial charge in [-0.05, 0) is 18.1 Å². The number of piperazine rings is 1. The second-order valence-electron chi connectivity index (χ2n) is 8.26. The maximum Gasteiger partial charge on any atom is 0.228 e. The van der Waals surface area contributed by atoms with Crippen LogP contribution in [-0.2, 0) is 16.1 Å². The van der Waals surface area contributed by atoms with Gasteiger partial charge in [0.15, 0.2) is 0 Å². The Hall–Kier alpha value is -2.66. The van der Waals surface area contributed by atoms with Gasteiger partial charge in [0.05, 0.1) is 12.0 Å². The minimum absolute atomic E-state index is 0.0524. The van der Waals surface area contributed by atoms with Crippen molar-refractivity contribution in [1.29, 1.82) is 0 Å². The lowest BCUT2D eigenvalue weighted by atomic mass is 9.91. The SMILES string of the molecule is Cc1ccc(C2C(C(=O)N3CCN(Cc4ccccc4)CC3)CC(=O)N2C)cc1. The Kier molecular flexibility index (Phi) is 5.67. The lowest BCUT2D eigenvalue weighted by molar-refractivity contribution is -0.138. The zero-order valence-electron chi connectivity index (χ0n) is 17.3. The molecule has 2 unspecified atom stereocenters. The number of carbonyl (C=O) groups is 2. The summed E-state index contributed by atoms with van der Waals surface area (Å²) in [6.45, 7) is 6.14. The summed E-state index contributed by atoms with van der Waals surface area (Å²) >= 11 is 0. The lowest BCUT2D eigenvalue weighted by Crippen LogP contribution is -2.50. The zero-order valence-corrected chi connectivity index (χ0v) is 17.3. The number of hydrogen-bond acceptors (Lipinski definition) is 3. The van der Waals surface area contributed by atoms with Crippen LogP contribution in [0.1, 0.15) is 29.2 Å². The minimum atomic E-state index is -0.295. The molecule has 4 rings (SSSR count). The van der Waals surface area contributed by atoms with Gasteiger partial charge in [-0.3, -0.25) is 14.5 Å². The molecule has 2 aromatic rings. The first-order valence-corrected chi connectivity index (χ1v) is 10.4. The highest BCUT2D eigenvalue weighted by Crippen LogP contribution is 2.38. The predicted molar refractivity (Wildman–Crippen MR) is 113 cm³/mol. The third-order valence-corrected chi connectivity index (χ3v) is 6.26. The molecule has 0 aromatic heterocycles. The summed E-state index contributed by atoms with van der Waals surface area (Å²) in [4.78, 5) is 31.9. The Bertz CT molecular complexity index is 857. The van der Waals surface area contributed by atoms with Crippen molar-refractivity contribution in [3.8, 4) is 0 Å². The molecule has 152 valence electrons. The molecule has 2 amide bonds. The molecule has 0 radical (unpaired) electrons. The summed E-state index contributed by atoms with van der Waals surface area (Å²) < 4.78 is 0. The van der Waals surface area contributed by atoms with E-state index in [9.17, 15) is 9.59 Å². The fourth-order valence-electron chi connectivity index (χ4n) is 4.51. The van der Waals surface area contributed by atoms with Crippen LogP contribution in [0.2, 0.25) is 0 Å². The first-order chi connectivity index (χ1) is 14.0. The van der Waals surface area contributed by atoms with E-state index in [4.69, 9.17) is 0 Å². The van der Waals surface area contributed by atoms with Crippen molar-refractivity contribution < 1.29 is 9.59 Å². The number of hydrogen-bond donors (Lipinski definition) is 0. The molecule has 2 atom stereocenters. The van der Waals surface area contributed by atoms with Crippen LogP contribution in [0.3, 0.4) is 0 Å². The molecule has 29 heavy (non-hydrogen) atoms. The van der Waals surface area contributed by atoms with Crippen LogP contribution in [-0.4, -0.2) is 59.7 Å². The van der Waals surface area contributed by atoms with E-state index >= 15 is 0 Å². The summed E-state index contributed by atoms with van der Waals surface area (Å²) in [5.74, 6) is -0.125. The van der Waals surface area contributed by atoms with Gasteiger partial charge in [-0.1, -0.05) is 60.2 Å². The van der Waals surface area contributed by atoms with Crippen LogP contribution < -0.4 is 0 Å². The Morgan fingerprint density at radius 1 is 0.966 bits per heavy atom. The summed E-state index contributed by atoms with van der Waals surface area (Å²) in [6, 6.07) is 18.5. The number of carbonyl (C=O) groups excluding carboxylic acids is 2. The number of aryl methyl sites for hydroxylation is 1. The molecule has 5 heteroatoms. The van der Waals surface area contributed by atoms with Crippen molar-refractivity contribution >= 4 is 11.8 Å². The number of likely N-dealkylation sites (tertiary alicyclic amines) is 1. The Morgan fingerprint density at radius 3 is 2.28 bits per heavy atom. The van der Waals surface area contributed by atoms with Gasteiger partial charge in [-0.25, -0.2) is 0 Å². The number of benzene rings is 2. The van der Waals surface area contributed by atoms with E-state index in [-0.39, 0.29) is 23.8 Å². The number of rotatable bonds is 4. The molecule has 0 spiro atoms. The van der Waals surface area contributed by atoms with Gasteiger partial charge in [0.1, 0.15) is 0 Å². The van der Waals surface area contributed by atoms with Crippen LogP contribution in [0.5, 0.6) is 0 Å². The van der Waals surface area contributed by atoms with E-state index in [1.807, 2.05) is 37.1 Å². The Labute approximate surface area is 172 Å². The molecule has 0 aliphatic carbocycles. The number of amides is 2. The quantitative estimate of drug-likeness (QED) is 0.805. The third-order valence-electron chi connectivity index (χ3n) is 6.26. The minimum Gasteiger partial charge on any atom is -0.340 e. The van der Waals surface area contributed by atoms with E-state index in [1.165, 1.54) is 11.1 Å². The average molecular weight is 392 g/mol. The van der Waals surface area contributed by atoms with Gasteiger partial charge < -0.3 is 9.80 Å². The van der Waals surface area contributed by atoms with Gasteiger partial charge in [-0.15, -0.1) is 0 Å². The van der Waals surface area contributed by atoms with Crippen LogP contribution in [0, 0.1) is 12.8 Å². The highest BCUT2D eigenvalue weighted by Gasteiger charge is 2.44. The lowest BCUT2D eigenvalue weighted by Gasteiger charge is -2.37. The van der Waals surface area contributed by atoms with E-state index < -0.39 is 0 Å². The third kappa shape index (κ3) is 4.20. The molecule has 5 nitrogen and oxygen atoms in total. The predicted octanol–water partition coefficient (Wildman–Crippen LogP) is 2.86. The van der Waals surface area contributed by atoms with E-state index in [2.05, 4.69) is 41.3 Å². The standard InChI is InChI=1S/C24H29N3O2/c1-18-8-10-20(11-9-18)23-21(16-22(28)25(23)2)24(29)27-14-12-26(13-15-27)17-19-6-4-3-5-7-19/h3-11,21,23H,12-17H2,1-2H3. The monoisotopic (exact) mass is 391 g/mol. The van der Waals surface area contributed by atoms with Crippen molar-refractivity contribution in [2.24, 2.45) is 5.92 Å². The molecule has 0 N–H and O–H groups in total. The Balaban J connectivity index is 1.42. The maximum atomic E-state index is 13.3. The van der Waals surface area contributed by atoms with Crippen LogP contribution >= 0.6 is 0 Å². The smallest absolute Gasteiger partial charge is 0.228 e. The molecule has 0 saturated carbocycles. The van der Waals surface area contributed by atoms with Crippen molar-refractivity contribution in [1.82, 2.24) is 14.7 Å². The fraction of sp³-hybridized carbons (Fsp3) is 0.417. The van der Waals surface area contributed by atoms with Crippen molar-refractivity contribution in [2.45, 2.75) is 25.9 Å². The fourth-order valence-corrected chi connectivity index (χ4v) is 4.51. The second-order valence-corrected chi connectivity index (χ2v) is 8.26. The molecule has 2 saturated heterocycles. The second kappa shape index (κ2) is 8.37. The molecule has 2 aromatic carbocycles. The molecule has 2 fully saturated rings. The molecular formula is C24H29N3O2. The van der Waals surface area contributed by atoms with Gasteiger partial charge in [0.25, 0.3) is 0 Å².